The number of hydrogen-bond acceptors (Lipinski definition) is 3. The molecule has 1 aliphatic carbocycles. The zero-order chi connectivity index (χ0) is 13.9. The predicted octanol–water partition coefficient (Wildman–Crippen LogP) is 3.40. The molecule has 2 aromatic rings. The summed E-state index contributed by atoms with van der Waals surface area (Å²) in [5.74, 6) is 0.865. The van der Waals surface area contributed by atoms with Crippen molar-refractivity contribution in [2.75, 3.05) is 0 Å². The van der Waals surface area contributed by atoms with Crippen LogP contribution < -0.4 is 4.74 Å². The van der Waals surface area contributed by atoms with Gasteiger partial charge in [0.05, 0.1) is 5.92 Å². The Morgan fingerprint density at radius 2 is 1.80 bits per heavy atom. The largest absolute Gasteiger partial charge is 0.489 e. The molecule has 3 rings (SSSR count). The summed E-state index contributed by atoms with van der Waals surface area (Å²) in [5.41, 5.74) is 2.14. The molecule has 1 fully saturated rings. The minimum atomic E-state index is -0.397. The molecule has 0 bridgehead atoms. The summed E-state index contributed by atoms with van der Waals surface area (Å²) in [6.07, 6.45) is 0.650. The number of benzene rings is 2. The molecule has 0 amide bonds. The highest BCUT2D eigenvalue weighted by Gasteiger charge is 2.49. The highest BCUT2D eigenvalue weighted by molar-refractivity contribution is 5.33. The summed E-state index contributed by atoms with van der Waals surface area (Å²) >= 11 is 0. The van der Waals surface area contributed by atoms with Gasteiger partial charge in [0.25, 0.3) is 0 Å². The molecule has 0 spiro atoms. The van der Waals surface area contributed by atoms with Crippen molar-refractivity contribution in [3.63, 3.8) is 0 Å². The molecular weight excluding hydrogens is 254 g/mol. The van der Waals surface area contributed by atoms with Crippen LogP contribution in [0.3, 0.4) is 0 Å². The van der Waals surface area contributed by atoms with Crippen LogP contribution in [0.15, 0.2) is 54.6 Å². The number of ether oxygens (including phenoxy) is 1. The zero-order valence-electron chi connectivity index (χ0n) is 10.9. The van der Waals surface area contributed by atoms with Gasteiger partial charge in [0.15, 0.2) is 0 Å². The summed E-state index contributed by atoms with van der Waals surface area (Å²) in [7, 11) is 0. The highest BCUT2D eigenvalue weighted by atomic mass is 16.6. The molecule has 4 nitrogen and oxygen atoms in total. The second-order valence-corrected chi connectivity index (χ2v) is 5.04. The summed E-state index contributed by atoms with van der Waals surface area (Å²) in [6, 6.07) is 17.2. The predicted molar refractivity (Wildman–Crippen MR) is 75.4 cm³/mol. The standard InChI is InChI=1S/C16H15NO3/c18-17(19)16-10-15(16)13-6-8-14(9-7-13)20-11-12-4-2-1-3-5-12/h1-9,15-16H,10-11H2/t15-,16+/m0/s1. The van der Waals surface area contributed by atoms with Crippen LogP contribution >= 0.6 is 0 Å². The van der Waals surface area contributed by atoms with Crippen LogP contribution in [-0.2, 0) is 6.61 Å². The van der Waals surface area contributed by atoms with E-state index in [0.717, 1.165) is 16.9 Å². The van der Waals surface area contributed by atoms with Crippen LogP contribution in [0.4, 0.5) is 0 Å². The maximum Gasteiger partial charge on any atom is 0.221 e. The van der Waals surface area contributed by atoms with Gasteiger partial charge in [-0.1, -0.05) is 42.5 Å². The molecule has 2 aromatic carbocycles. The molecule has 0 aliphatic heterocycles. The zero-order valence-corrected chi connectivity index (χ0v) is 10.9. The Balaban J connectivity index is 1.58. The molecule has 1 saturated carbocycles. The van der Waals surface area contributed by atoms with Crippen molar-refractivity contribution in [1.29, 1.82) is 0 Å². The lowest BCUT2D eigenvalue weighted by Gasteiger charge is -2.07. The first kappa shape index (κ1) is 12.7. The molecule has 0 N–H and O–H groups in total. The lowest BCUT2D eigenvalue weighted by Crippen LogP contribution is -2.02. The van der Waals surface area contributed by atoms with Gasteiger partial charge in [-0.05, 0) is 23.3 Å². The molecule has 0 aromatic heterocycles. The van der Waals surface area contributed by atoms with Gasteiger partial charge in [0.2, 0.25) is 6.04 Å². The SMILES string of the molecule is O=[N+]([O-])[C@@H]1C[C@H]1c1ccc(OCc2ccccc2)cc1. The van der Waals surface area contributed by atoms with Crippen LogP contribution in [-0.4, -0.2) is 11.0 Å². The first-order valence-electron chi connectivity index (χ1n) is 6.64. The summed E-state index contributed by atoms with van der Waals surface area (Å²) in [6.45, 7) is 0.529. The number of hydrogen-bond donors (Lipinski definition) is 0. The second-order valence-electron chi connectivity index (χ2n) is 5.04. The molecule has 2 atom stereocenters. The molecule has 102 valence electrons. The Morgan fingerprint density at radius 1 is 1.10 bits per heavy atom. The Morgan fingerprint density at radius 3 is 2.40 bits per heavy atom. The van der Waals surface area contributed by atoms with Crippen LogP contribution in [0.25, 0.3) is 0 Å². The van der Waals surface area contributed by atoms with E-state index < -0.39 is 6.04 Å². The number of rotatable bonds is 5. The fraction of sp³-hybridized carbons (Fsp3) is 0.250. The summed E-state index contributed by atoms with van der Waals surface area (Å²) in [5, 5.41) is 10.7. The fourth-order valence-electron chi connectivity index (χ4n) is 2.32. The smallest absolute Gasteiger partial charge is 0.221 e. The summed E-state index contributed by atoms with van der Waals surface area (Å²) in [4.78, 5) is 10.5. The van der Waals surface area contributed by atoms with Gasteiger partial charge in [-0.25, -0.2) is 0 Å². The normalized spacial score (nSPS) is 20.4. The van der Waals surface area contributed by atoms with E-state index in [4.69, 9.17) is 4.74 Å². The van der Waals surface area contributed by atoms with Crippen LogP contribution in [0.1, 0.15) is 23.5 Å². The van der Waals surface area contributed by atoms with Crippen molar-refractivity contribution in [3.05, 3.63) is 75.8 Å². The first-order valence-corrected chi connectivity index (χ1v) is 6.64. The molecule has 0 saturated heterocycles. The lowest BCUT2D eigenvalue weighted by atomic mass is 10.1. The van der Waals surface area contributed by atoms with E-state index >= 15 is 0 Å². The molecule has 1 aliphatic rings. The Bertz CT molecular complexity index is 595. The van der Waals surface area contributed by atoms with Crippen molar-refractivity contribution in [2.24, 2.45) is 0 Å². The van der Waals surface area contributed by atoms with Crippen LogP contribution in [0.5, 0.6) is 5.75 Å². The van der Waals surface area contributed by atoms with Crippen LogP contribution in [0.2, 0.25) is 0 Å². The number of nitrogens with zero attached hydrogens (tertiary/aromatic N) is 1. The van der Waals surface area contributed by atoms with Crippen molar-refractivity contribution >= 4 is 0 Å². The Labute approximate surface area is 117 Å². The topological polar surface area (TPSA) is 52.4 Å². The third-order valence-corrected chi connectivity index (χ3v) is 3.58. The Hall–Kier alpha value is -2.36. The van der Waals surface area contributed by atoms with Gasteiger partial charge in [0, 0.05) is 11.3 Å². The fourth-order valence-corrected chi connectivity index (χ4v) is 2.32. The maximum atomic E-state index is 10.7. The van der Waals surface area contributed by atoms with Gasteiger partial charge in [-0.3, -0.25) is 10.1 Å². The van der Waals surface area contributed by atoms with Crippen molar-refractivity contribution in [2.45, 2.75) is 25.0 Å². The van der Waals surface area contributed by atoms with Crippen molar-refractivity contribution in [3.8, 4) is 5.75 Å². The van der Waals surface area contributed by atoms with Gasteiger partial charge in [-0.2, -0.15) is 0 Å². The van der Waals surface area contributed by atoms with Crippen molar-refractivity contribution in [1.82, 2.24) is 0 Å². The van der Waals surface area contributed by atoms with E-state index in [1.54, 1.807) is 0 Å². The second kappa shape index (κ2) is 5.33. The molecule has 20 heavy (non-hydrogen) atoms. The average molecular weight is 269 g/mol. The van der Waals surface area contributed by atoms with E-state index in [2.05, 4.69) is 0 Å². The minimum Gasteiger partial charge on any atom is -0.489 e. The number of nitro groups is 1. The monoisotopic (exact) mass is 269 g/mol. The van der Waals surface area contributed by atoms with Crippen molar-refractivity contribution < 1.29 is 9.66 Å². The molecule has 0 radical (unpaired) electrons. The third kappa shape index (κ3) is 2.79. The first-order chi connectivity index (χ1) is 9.74. The van der Waals surface area contributed by atoms with Gasteiger partial charge >= 0.3 is 0 Å². The summed E-state index contributed by atoms with van der Waals surface area (Å²) < 4.78 is 5.69. The maximum absolute atomic E-state index is 10.7. The molecule has 4 heteroatoms. The quantitative estimate of drug-likeness (QED) is 0.617. The van der Waals surface area contributed by atoms with E-state index in [1.807, 2.05) is 54.6 Å². The minimum absolute atomic E-state index is 0.0770. The van der Waals surface area contributed by atoms with E-state index in [0.29, 0.717) is 13.0 Å². The Kier molecular flexibility index (Phi) is 3.37. The van der Waals surface area contributed by atoms with Crippen LogP contribution in [0, 0.1) is 10.1 Å². The van der Waals surface area contributed by atoms with Gasteiger partial charge < -0.3 is 4.74 Å². The van der Waals surface area contributed by atoms with Gasteiger partial charge in [-0.15, -0.1) is 0 Å². The lowest BCUT2D eigenvalue weighted by molar-refractivity contribution is -0.496. The third-order valence-electron chi connectivity index (χ3n) is 3.58. The van der Waals surface area contributed by atoms with E-state index in [-0.39, 0.29) is 10.8 Å². The molecular formula is C16H15NO3. The van der Waals surface area contributed by atoms with E-state index in [9.17, 15) is 10.1 Å². The highest BCUT2D eigenvalue weighted by Crippen LogP contribution is 2.43. The molecule has 0 heterocycles. The van der Waals surface area contributed by atoms with E-state index in [1.165, 1.54) is 0 Å². The molecule has 0 unspecified atom stereocenters. The van der Waals surface area contributed by atoms with Gasteiger partial charge in [0.1, 0.15) is 12.4 Å². The average Bonchev–Trinajstić information content (AvgIpc) is 3.27.